The van der Waals surface area contributed by atoms with Gasteiger partial charge in [-0.2, -0.15) is 0 Å². The number of amides is 1. The predicted octanol–water partition coefficient (Wildman–Crippen LogP) is 2.19. The molecule has 0 aliphatic rings. The van der Waals surface area contributed by atoms with Gasteiger partial charge in [0.25, 0.3) is 5.91 Å². The molecule has 2 atom stereocenters. The molecule has 8 nitrogen and oxygen atoms in total. The van der Waals surface area contributed by atoms with E-state index in [-0.39, 0.29) is 23.7 Å². The fourth-order valence-electron chi connectivity index (χ4n) is 2.07. The SMILES string of the molecule is COCCOC(=O)O[C@H](c1ccc(S(C)(=O)=O)cc1)[C@@H](CF)NC(=O)C(Cl)Cl. The summed E-state index contributed by atoms with van der Waals surface area (Å²) in [5.74, 6) is -0.889. The molecule has 0 radical (unpaired) electrons. The summed E-state index contributed by atoms with van der Waals surface area (Å²) in [4.78, 5) is 22.2. The van der Waals surface area contributed by atoms with Crippen molar-refractivity contribution in [2.75, 3.05) is 33.3 Å². The number of alkyl halides is 3. The van der Waals surface area contributed by atoms with E-state index in [1.165, 1.54) is 31.4 Å². The lowest BCUT2D eigenvalue weighted by molar-refractivity contribution is -0.121. The number of benzene rings is 1. The monoisotopic (exact) mass is 459 g/mol. The average Bonchev–Trinajstić information content (AvgIpc) is 2.63. The maximum Gasteiger partial charge on any atom is 0.509 e. The highest BCUT2D eigenvalue weighted by Gasteiger charge is 2.31. The molecule has 0 saturated heterocycles. The minimum atomic E-state index is -3.46. The van der Waals surface area contributed by atoms with Crippen LogP contribution in [0.5, 0.6) is 0 Å². The fraction of sp³-hybridized carbons (Fsp3) is 0.500. The molecule has 1 aromatic rings. The number of hydrogen-bond acceptors (Lipinski definition) is 7. The van der Waals surface area contributed by atoms with Crippen LogP contribution in [0.3, 0.4) is 0 Å². The number of carbonyl (C=O) groups excluding carboxylic acids is 2. The smallest absolute Gasteiger partial charge is 0.432 e. The number of ether oxygens (including phenoxy) is 3. The van der Waals surface area contributed by atoms with Gasteiger partial charge < -0.3 is 19.5 Å². The number of rotatable bonds is 10. The van der Waals surface area contributed by atoms with Crippen molar-refractivity contribution in [2.24, 2.45) is 0 Å². The summed E-state index contributed by atoms with van der Waals surface area (Å²) in [6, 6.07) is 3.85. The first-order valence-electron chi connectivity index (χ1n) is 7.87. The van der Waals surface area contributed by atoms with Gasteiger partial charge in [0.2, 0.25) is 0 Å². The highest BCUT2D eigenvalue weighted by atomic mass is 35.5. The molecule has 1 aromatic carbocycles. The Morgan fingerprint density at radius 2 is 1.79 bits per heavy atom. The highest BCUT2D eigenvalue weighted by Crippen LogP contribution is 2.25. The molecule has 12 heteroatoms. The normalized spacial score (nSPS) is 13.6. The van der Waals surface area contributed by atoms with E-state index in [1.54, 1.807) is 0 Å². The number of carbonyl (C=O) groups is 2. The summed E-state index contributed by atoms with van der Waals surface area (Å²) < 4.78 is 51.4. The van der Waals surface area contributed by atoms with Gasteiger partial charge in [-0.3, -0.25) is 4.79 Å². The quantitative estimate of drug-likeness (QED) is 0.324. The highest BCUT2D eigenvalue weighted by molar-refractivity contribution is 7.90. The molecule has 0 saturated carbocycles. The van der Waals surface area contributed by atoms with Gasteiger partial charge in [-0.1, -0.05) is 35.3 Å². The van der Waals surface area contributed by atoms with Gasteiger partial charge in [-0.15, -0.1) is 0 Å². The van der Waals surface area contributed by atoms with E-state index in [9.17, 15) is 22.4 Å². The summed E-state index contributed by atoms with van der Waals surface area (Å²) in [5.41, 5.74) is 0.222. The Morgan fingerprint density at radius 1 is 1.18 bits per heavy atom. The zero-order valence-electron chi connectivity index (χ0n) is 15.1. The van der Waals surface area contributed by atoms with Crippen molar-refractivity contribution in [3.63, 3.8) is 0 Å². The standard InChI is InChI=1S/C16H20Cl2FNO7S/c1-25-7-8-26-16(22)27-13(12(9-19)20-15(21)14(17)18)10-3-5-11(6-4-10)28(2,23)24/h3-6,12-14H,7-9H2,1-2H3,(H,20,21)/t12-,13-/m1/s1. The number of hydrogen-bond donors (Lipinski definition) is 1. The first-order chi connectivity index (χ1) is 13.1. The average molecular weight is 460 g/mol. The number of halogens is 3. The number of sulfone groups is 1. The van der Waals surface area contributed by atoms with Crippen LogP contribution < -0.4 is 5.32 Å². The molecular weight excluding hydrogens is 440 g/mol. The van der Waals surface area contributed by atoms with Crippen LogP contribution in [0.2, 0.25) is 0 Å². The lowest BCUT2D eigenvalue weighted by Gasteiger charge is -2.26. The Balaban J connectivity index is 3.11. The molecule has 158 valence electrons. The fourth-order valence-corrected chi connectivity index (χ4v) is 2.83. The van der Waals surface area contributed by atoms with Gasteiger partial charge >= 0.3 is 6.16 Å². The Morgan fingerprint density at radius 3 is 2.25 bits per heavy atom. The first-order valence-corrected chi connectivity index (χ1v) is 10.6. The van der Waals surface area contributed by atoms with E-state index in [0.717, 1.165) is 6.26 Å². The molecule has 0 bridgehead atoms. The van der Waals surface area contributed by atoms with Crippen molar-refractivity contribution < 1.29 is 36.6 Å². The molecule has 0 fully saturated rings. The molecule has 28 heavy (non-hydrogen) atoms. The van der Waals surface area contributed by atoms with Crippen LogP contribution in [0.25, 0.3) is 0 Å². The van der Waals surface area contributed by atoms with Gasteiger partial charge in [0.05, 0.1) is 17.5 Å². The van der Waals surface area contributed by atoms with Crippen LogP contribution in [0.1, 0.15) is 11.7 Å². The molecule has 0 aliphatic carbocycles. The Kier molecular flexibility index (Phi) is 9.94. The second-order valence-corrected chi connectivity index (χ2v) is 8.65. The summed E-state index contributed by atoms with van der Waals surface area (Å²) in [5, 5.41) is 2.23. The molecule has 1 amide bonds. The van der Waals surface area contributed by atoms with Crippen LogP contribution >= 0.6 is 23.2 Å². The molecule has 0 aliphatic heterocycles. The summed E-state index contributed by atoms with van der Waals surface area (Å²) in [7, 11) is -2.06. The third-order valence-electron chi connectivity index (χ3n) is 3.42. The van der Waals surface area contributed by atoms with E-state index in [1.807, 2.05) is 0 Å². The third kappa shape index (κ3) is 7.78. The van der Waals surface area contributed by atoms with Crippen molar-refractivity contribution in [2.45, 2.75) is 21.9 Å². The van der Waals surface area contributed by atoms with Crippen molar-refractivity contribution in [3.8, 4) is 0 Å². The van der Waals surface area contributed by atoms with Crippen molar-refractivity contribution >= 4 is 45.1 Å². The predicted molar refractivity (Wildman–Crippen MR) is 100 cm³/mol. The van der Waals surface area contributed by atoms with Crippen molar-refractivity contribution in [1.82, 2.24) is 5.32 Å². The minimum absolute atomic E-state index is 0.0140. The Hall–Kier alpha value is -1.62. The van der Waals surface area contributed by atoms with Crippen molar-refractivity contribution in [1.29, 1.82) is 0 Å². The third-order valence-corrected chi connectivity index (χ3v) is 4.95. The zero-order valence-corrected chi connectivity index (χ0v) is 17.4. The maximum absolute atomic E-state index is 13.6. The van der Waals surface area contributed by atoms with Gasteiger partial charge in [0.15, 0.2) is 20.8 Å². The largest absolute Gasteiger partial charge is 0.509 e. The summed E-state index contributed by atoms with van der Waals surface area (Å²) in [6.45, 7) is -1.12. The second-order valence-electron chi connectivity index (χ2n) is 5.54. The van der Waals surface area contributed by atoms with E-state index < -0.39 is 45.6 Å². The first kappa shape index (κ1) is 24.4. The lowest BCUT2D eigenvalue weighted by Crippen LogP contribution is -2.44. The van der Waals surface area contributed by atoms with Crippen LogP contribution in [0.4, 0.5) is 9.18 Å². The maximum atomic E-state index is 13.6. The van der Waals surface area contributed by atoms with E-state index in [4.69, 9.17) is 37.4 Å². The van der Waals surface area contributed by atoms with E-state index in [2.05, 4.69) is 5.32 Å². The Bertz CT molecular complexity index is 759. The van der Waals surface area contributed by atoms with Gasteiger partial charge in [0.1, 0.15) is 13.3 Å². The Labute approximate surface area is 172 Å². The van der Waals surface area contributed by atoms with Crippen LogP contribution in [-0.2, 0) is 28.8 Å². The van der Waals surface area contributed by atoms with E-state index >= 15 is 0 Å². The lowest BCUT2D eigenvalue weighted by atomic mass is 10.0. The van der Waals surface area contributed by atoms with Crippen LogP contribution in [0, 0.1) is 0 Å². The summed E-state index contributed by atoms with van der Waals surface area (Å²) >= 11 is 10.9. The van der Waals surface area contributed by atoms with Crippen LogP contribution in [-0.4, -0.2) is 64.6 Å². The molecule has 0 aromatic heterocycles. The molecule has 1 N–H and O–H groups in total. The number of nitrogens with one attached hydrogen (secondary N) is 1. The van der Waals surface area contributed by atoms with Crippen LogP contribution in [0.15, 0.2) is 29.2 Å². The number of methoxy groups -OCH3 is 1. The topological polar surface area (TPSA) is 108 Å². The zero-order chi connectivity index (χ0) is 21.3. The molecule has 0 spiro atoms. The van der Waals surface area contributed by atoms with Crippen molar-refractivity contribution in [3.05, 3.63) is 29.8 Å². The molecular formula is C16H20Cl2FNO7S. The van der Waals surface area contributed by atoms with E-state index in [0.29, 0.717) is 0 Å². The molecule has 0 heterocycles. The molecule has 0 unspecified atom stereocenters. The second kappa shape index (κ2) is 11.4. The van der Waals surface area contributed by atoms with Gasteiger partial charge in [0, 0.05) is 13.4 Å². The van der Waals surface area contributed by atoms with Gasteiger partial charge in [-0.25, -0.2) is 17.6 Å². The minimum Gasteiger partial charge on any atom is -0.432 e. The summed E-state index contributed by atoms with van der Waals surface area (Å²) in [6.07, 6.45) is -1.44. The molecule has 1 rings (SSSR count). The van der Waals surface area contributed by atoms with Gasteiger partial charge in [-0.05, 0) is 17.7 Å².